The minimum Gasteiger partial charge on any atom is -0.478 e. The van der Waals surface area contributed by atoms with E-state index in [0.717, 1.165) is 18.2 Å². The molecule has 0 aliphatic heterocycles. The lowest BCUT2D eigenvalue weighted by Crippen LogP contribution is -2.51. The maximum Gasteiger partial charge on any atom is 0.408 e. The Morgan fingerprint density at radius 1 is 1.04 bits per heavy atom. The molecule has 1 aromatic carbocycles. The molecule has 0 radical (unpaired) electrons. The van der Waals surface area contributed by atoms with Crippen molar-refractivity contribution >= 4 is 29.6 Å². The molecule has 9 nitrogen and oxygen atoms in total. The number of anilines is 1. The molecule has 0 aliphatic carbocycles. The topological polar surface area (TPSA) is 134 Å². The lowest BCUT2D eigenvalue weighted by molar-refractivity contribution is -0.127. The number of rotatable bonds is 6. The van der Waals surface area contributed by atoms with Crippen LogP contribution in [0.1, 0.15) is 45.0 Å². The van der Waals surface area contributed by atoms with Gasteiger partial charge in [-0.25, -0.2) is 14.0 Å². The van der Waals surface area contributed by atoms with Gasteiger partial charge in [0.2, 0.25) is 11.8 Å². The van der Waals surface area contributed by atoms with E-state index < -0.39 is 47.4 Å². The van der Waals surface area contributed by atoms with Crippen molar-refractivity contribution in [1.82, 2.24) is 10.6 Å². The van der Waals surface area contributed by atoms with Crippen LogP contribution in [0.25, 0.3) is 0 Å². The molecule has 10 heteroatoms. The largest absolute Gasteiger partial charge is 0.478 e. The molecule has 0 spiro atoms. The fraction of sp³-hybridized carbons (Fsp3) is 0.444. The molecule has 0 saturated carbocycles. The highest BCUT2D eigenvalue weighted by Gasteiger charge is 2.24. The molecule has 2 unspecified atom stereocenters. The second kappa shape index (κ2) is 9.16. The van der Waals surface area contributed by atoms with Crippen molar-refractivity contribution in [3.63, 3.8) is 0 Å². The Balaban J connectivity index is 2.67. The number of carbonyl (C=O) groups is 4. The Morgan fingerprint density at radius 2 is 1.61 bits per heavy atom. The number of aromatic carboxylic acids is 1. The molecule has 0 aliphatic rings. The minimum absolute atomic E-state index is 0.205. The molecule has 28 heavy (non-hydrogen) atoms. The third-order valence-electron chi connectivity index (χ3n) is 3.35. The summed E-state index contributed by atoms with van der Waals surface area (Å²) in [6.07, 6.45) is -0.792. The predicted molar refractivity (Wildman–Crippen MR) is 98.4 cm³/mol. The van der Waals surface area contributed by atoms with E-state index in [9.17, 15) is 23.6 Å². The zero-order valence-corrected chi connectivity index (χ0v) is 16.3. The van der Waals surface area contributed by atoms with Crippen LogP contribution < -0.4 is 16.0 Å². The van der Waals surface area contributed by atoms with Crippen molar-refractivity contribution in [3.8, 4) is 0 Å². The fourth-order valence-corrected chi connectivity index (χ4v) is 1.95. The van der Waals surface area contributed by atoms with Gasteiger partial charge in [0, 0.05) is 0 Å². The molecule has 154 valence electrons. The van der Waals surface area contributed by atoms with Crippen molar-refractivity contribution in [3.05, 3.63) is 29.6 Å². The van der Waals surface area contributed by atoms with Crippen LogP contribution >= 0.6 is 0 Å². The summed E-state index contributed by atoms with van der Waals surface area (Å²) in [6, 6.07) is 0.870. The van der Waals surface area contributed by atoms with Gasteiger partial charge in [-0.15, -0.1) is 0 Å². The van der Waals surface area contributed by atoms with Crippen LogP contribution in [-0.4, -0.2) is 46.7 Å². The maximum atomic E-state index is 13.8. The van der Waals surface area contributed by atoms with Crippen LogP contribution in [0.4, 0.5) is 14.9 Å². The van der Waals surface area contributed by atoms with E-state index in [1.54, 1.807) is 20.8 Å². The average molecular weight is 397 g/mol. The molecule has 0 fully saturated rings. The Labute approximate surface area is 161 Å². The number of benzene rings is 1. The van der Waals surface area contributed by atoms with Crippen LogP contribution in [0.15, 0.2) is 18.2 Å². The number of carboxylic acids is 1. The lowest BCUT2D eigenvalue weighted by Gasteiger charge is -2.22. The zero-order valence-electron chi connectivity index (χ0n) is 16.3. The summed E-state index contributed by atoms with van der Waals surface area (Å²) >= 11 is 0. The molecule has 1 aromatic rings. The highest BCUT2D eigenvalue weighted by atomic mass is 19.1. The van der Waals surface area contributed by atoms with Crippen LogP contribution in [0.5, 0.6) is 0 Å². The summed E-state index contributed by atoms with van der Waals surface area (Å²) in [5.41, 5.74) is -1.27. The first-order chi connectivity index (χ1) is 12.8. The zero-order chi connectivity index (χ0) is 21.6. The normalized spacial score (nSPS) is 13.1. The summed E-state index contributed by atoms with van der Waals surface area (Å²) in [6.45, 7) is 7.76. The number of ether oxygens (including phenoxy) is 1. The average Bonchev–Trinajstić information content (AvgIpc) is 2.54. The van der Waals surface area contributed by atoms with E-state index in [0.29, 0.717) is 0 Å². The van der Waals surface area contributed by atoms with Gasteiger partial charge in [0.15, 0.2) is 0 Å². The summed E-state index contributed by atoms with van der Waals surface area (Å²) in [4.78, 5) is 46.9. The van der Waals surface area contributed by atoms with Gasteiger partial charge in [-0.05, 0) is 52.8 Å². The van der Waals surface area contributed by atoms with Crippen LogP contribution in [0.3, 0.4) is 0 Å². The van der Waals surface area contributed by atoms with Gasteiger partial charge in [-0.2, -0.15) is 0 Å². The van der Waals surface area contributed by atoms with Crippen molar-refractivity contribution in [2.45, 2.75) is 52.3 Å². The molecule has 1 rings (SSSR count). The first-order valence-corrected chi connectivity index (χ1v) is 8.43. The van der Waals surface area contributed by atoms with Gasteiger partial charge in [-0.3, -0.25) is 9.59 Å². The van der Waals surface area contributed by atoms with Gasteiger partial charge < -0.3 is 25.8 Å². The van der Waals surface area contributed by atoms with Gasteiger partial charge in [0.25, 0.3) is 0 Å². The van der Waals surface area contributed by atoms with E-state index >= 15 is 0 Å². The van der Waals surface area contributed by atoms with Crippen LogP contribution in [-0.2, 0) is 14.3 Å². The summed E-state index contributed by atoms with van der Waals surface area (Å²) in [5, 5.41) is 15.8. The van der Waals surface area contributed by atoms with Crippen molar-refractivity contribution in [1.29, 1.82) is 0 Å². The smallest absolute Gasteiger partial charge is 0.408 e. The Kier molecular flexibility index (Phi) is 7.48. The number of carboxylic acid groups (broad SMARTS) is 1. The fourth-order valence-electron chi connectivity index (χ4n) is 1.95. The third-order valence-corrected chi connectivity index (χ3v) is 3.35. The summed E-state index contributed by atoms with van der Waals surface area (Å²) in [7, 11) is 0. The highest BCUT2D eigenvalue weighted by Crippen LogP contribution is 2.16. The molecule has 0 saturated heterocycles. The molecule has 0 bridgehead atoms. The number of hydrogen-bond donors (Lipinski definition) is 4. The second-order valence-corrected chi connectivity index (χ2v) is 7.09. The number of alkyl carbamates (subject to hydrolysis) is 1. The van der Waals surface area contributed by atoms with E-state index in [4.69, 9.17) is 9.84 Å². The molecule has 0 aromatic heterocycles. The number of amides is 3. The van der Waals surface area contributed by atoms with E-state index in [1.165, 1.54) is 13.8 Å². The van der Waals surface area contributed by atoms with Gasteiger partial charge in [0.05, 0.1) is 11.3 Å². The van der Waals surface area contributed by atoms with Crippen LogP contribution in [0, 0.1) is 5.82 Å². The van der Waals surface area contributed by atoms with E-state index in [2.05, 4.69) is 16.0 Å². The highest BCUT2D eigenvalue weighted by molar-refractivity contribution is 5.99. The first-order valence-electron chi connectivity index (χ1n) is 8.43. The van der Waals surface area contributed by atoms with Crippen molar-refractivity contribution < 1.29 is 33.4 Å². The van der Waals surface area contributed by atoms with E-state index in [1.807, 2.05) is 0 Å². The molecule has 0 heterocycles. The SMILES string of the molecule is CC(NC(=O)OC(C)(C)C)C(=O)NC(C)C(=O)Nc1cc(C(=O)O)ccc1F. The molecule has 2 atom stereocenters. The maximum absolute atomic E-state index is 13.8. The molecule has 3 amide bonds. The number of carbonyl (C=O) groups excluding carboxylic acids is 3. The van der Waals surface area contributed by atoms with Gasteiger partial charge in [-0.1, -0.05) is 0 Å². The Hall–Kier alpha value is -3.17. The quantitative estimate of drug-likeness (QED) is 0.579. The lowest BCUT2D eigenvalue weighted by atomic mass is 10.2. The number of hydrogen-bond acceptors (Lipinski definition) is 5. The molecule has 4 N–H and O–H groups in total. The van der Waals surface area contributed by atoms with E-state index in [-0.39, 0.29) is 11.3 Å². The first kappa shape index (κ1) is 22.9. The summed E-state index contributed by atoms with van der Waals surface area (Å²) < 4.78 is 18.8. The molecular formula is C18H24FN3O6. The van der Waals surface area contributed by atoms with Crippen molar-refractivity contribution in [2.24, 2.45) is 0 Å². The second-order valence-electron chi connectivity index (χ2n) is 7.09. The molecular weight excluding hydrogens is 373 g/mol. The predicted octanol–water partition coefficient (Wildman–Crippen LogP) is 1.88. The minimum atomic E-state index is -1.28. The van der Waals surface area contributed by atoms with Crippen molar-refractivity contribution in [2.75, 3.05) is 5.32 Å². The van der Waals surface area contributed by atoms with Gasteiger partial charge in [0.1, 0.15) is 23.5 Å². The number of halogens is 1. The Bertz CT molecular complexity index is 775. The third kappa shape index (κ3) is 7.22. The van der Waals surface area contributed by atoms with Gasteiger partial charge >= 0.3 is 12.1 Å². The number of nitrogens with one attached hydrogen (secondary N) is 3. The Morgan fingerprint density at radius 3 is 2.14 bits per heavy atom. The standard InChI is InChI=1S/C18H24FN3O6/c1-9(20-14(23)10(2)21-17(27)28-18(3,4)5)15(24)22-13-8-11(16(25)26)6-7-12(13)19/h6-10H,1-5H3,(H,20,23)(H,21,27)(H,22,24)(H,25,26). The monoisotopic (exact) mass is 397 g/mol. The summed E-state index contributed by atoms with van der Waals surface area (Å²) in [5.74, 6) is -3.52. The van der Waals surface area contributed by atoms with Crippen LogP contribution in [0.2, 0.25) is 0 Å².